The number of nitrogens with zero attached hydrogens (tertiary/aromatic N) is 2. The van der Waals surface area contributed by atoms with Crippen molar-refractivity contribution in [3.05, 3.63) is 0 Å². The van der Waals surface area contributed by atoms with Gasteiger partial charge < -0.3 is 15.1 Å². The molecule has 0 aliphatic heterocycles. The van der Waals surface area contributed by atoms with E-state index >= 15 is 0 Å². The highest BCUT2D eigenvalue weighted by molar-refractivity contribution is 4.58. The van der Waals surface area contributed by atoms with Crippen LogP contribution in [0.2, 0.25) is 0 Å². The summed E-state index contributed by atoms with van der Waals surface area (Å²) in [5, 5.41) is 3.47. The summed E-state index contributed by atoms with van der Waals surface area (Å²) in [4.78, 5) is 4.73. The Balaban J connectivity index is 3.30. The van der Waals surface area contributed by atoms with Gasteiger partial charge in [0.25, 0.3) is 0 Å². The average molecular weight is 215 g/mol. The summed E-state index contributed by atoms with van der Waals surface area (Å²) in [7, 11) is 4.22. The van der Waals surface area contributed by atoms with E-state index in [9.17, 15) is 0 Å². The standard InChI is InChI=1S/C12H29N3/c1-5-7-10-15(6-2)12-9-13-8-11-14(3)4/h13H,5-12H2,1-4H3. The van der Waals surface area contributed by atoms with Crippen molar-refractivity contribution in [1.82, 2.24) is 15.1 Å². The van der Waals surface area contributed by atoms with Gasteiger partial charge in [-0.2, -0.15) is 0 Å². The van der Waals surface area contributed by atoms with Gasteiger partial charge in [-0.05, 0) is 33.6 Å². The van der Waals surface area contributed by atoms with Crippen molar-refractivity contribution in [1.29, 1.82) is 0 Å². The van der Waals surface area contributed by atoms with Crippen molar-refractivity contribution in [2.75, 3.05) is 53.4 Å². The molecule has 0 unspecified atom stereocenters. The number of likely N-dealkylation sites (N-methyl/N-ethyl adjacent to an activating group) is 2. The summed E-state index contributed by atoms with van der Waals surface area (Å²) in [6.07, 6.45) is 2.62. The minimum absolute atomic E-state index is 1.10. The zero-order valence-electron chi connectivity index (χ0n) is 11.1. The quantitative estimate of drug-likeness (QED) is 0.554. The normalized spacial score (nSPS) is 11.6. The van der Waals surface area contributed by atoms with Gasteiger partial charge in [0, 0.05) is 26.2 Å². The Hall–Kier alpha value is -0.120. The lowest BCUT2D eigenvalue weighted by atomic mass is 10.3. The molecular formula is C12H29N3. The molecule has 0 spiro atoms. The molecule has 0 fully saturated rings. The first-order chi connectivity index (χ1) is 7.20. The molecular weight excluding hydrogens is 186 g/mol. The fraction of sp³-hybridized carbons (Fsp3) is 1.00. The number of unbranched alkanes of at least 4 members (excludes halogenated alkanes) is 1. The van der Waals surface area contributed by atoms with Crippen LogP contribution in [0, 0.1) is 0 Å². The molecule has 0 aromatic carbocycles. The van der Waals surface area contributed by atoms with E-state index in [4.69, 9.17) is 0 Å². The topological polar surface area (TPSA) is 18.5 Å². The molecule has 0 saturated carbocycles. The number of hydrogen-bond acceptors (Lipinski definition) is 3. The van der Waals surface area contributed by atoms with Crippen molar-refractivity contribution in [2.24, 2.45) is 0 Å². The lowest BCUT2D eigenvalue weighted by Gasteiger charge is -2.20. The Morgan fingerprint density at radius 1 is 0.933 bits per heavy atom. The third-order valence-corrected chi connectivity index (χ3v) is 2.62. The van der Waals surface area contributed by atoms with Crippen LogP contribution in [-0.2, 0) is 0 Å². The summed E-state index contributed by atoms with van der Waals surface area (Å²) in [5.41, 5.74) is 0. The van der Waals surface area contributed by atoms with Crippen LogP contribution in [0.25, 0.3) is 0 Å². The van der Waals surface area contributed by atoms with Gasteiger partial charge in [0.05, 0.1) is 0 Å². The number of rotatable bonds is 10. The minimum Gasteiger partial charge on any atom is -0.314 e. The molecule has 0 aliphatic carbocycles. The molecule has 0 rings (SSSR count). The van der Waals surface area contributed by atoms with Gasteiger partial charge in [0.15, 0.2) is 0 Å². The fourth-order valence-corrected chi connectivity index (χ4v) is 1.47. The van der Waals surface area contributed by atoms with Crippen molar-refractivity contribution in [3.63, 3.8) is 0 Å². The van der Waals surface area contributed by atoms with E-state index in [2.05, 4.69) is 43.1 Å². The predicted octanol–water partition coefficient (Wildman–Crippen LogP) is 1.26. The molecule has 0 aromatic rings. The van der Waals surface area contributed by atoms with Crippen molar-refractivity contribution in [2.45, 2.75) is 26.7 Å². The maximum absolute atomic E-state index is 3.47. The summed E-state index contributed by atoms with van der Waals surface area (Å²) in [6.45, 7) is 11.4. The highest BCUT2D eigenvalue weighted by Crippen LogP contribution is 1.93. The molecule has 92 valence electrons. The first kappa shape index (κ1) is 14.9. The third-order valence-electron chi connectivity index (χ3n) is 2.62. The van der Waals surface area contributed by atoms with Gasteiger partial charge in [-0.3, -0.25) is 0 Å². The lowest BCUT2D eigenvalue weighted by molar-refractivity contribution is 0.280. The van der Waals surface area contributed by atoms with Crippen LogP contribution in [0.3, 0.4) is 0 Å². The fourth-order valence-electron chi connectivity index (χ4n) is 1.47. The zero-order valence-corrected chi connectivity index (χ0v) is 11.1. The Bertz CT molecular complexity index is 126. The average Bonchev–Trinajstić information content (AvgIpc) is 2.21. The van der Waals surface area contributed by atoms with Crippen molar-refractivity contribution < 1.29 is 0 Å². The summed E-state index contributed by atoms with van der Waals surface area (Å²) >= 11 is 0. The highest BCUT2D eigenvalue weighted by Gasteiger charge is 2.00. The highest BCUT2D eigenvalue weighted by atomic mass is 15.1. The monoisotopic (exact) mass is 215 g/mol. The summed E-state index contributed by atoms with van der Waals surface area (Å²) in [5.74, 6) is 0. The van der Waals surface area contributed by atoms with E-state index in [-0.39, 0.29) is 0 Å². The van der Waals surface area contributed by atoms with Gasteiger partial charge in [-0.25, -0.2) is 0 Å². The van der Waals surface area contributed by atoms with Gasteiger partial charge in [0.1, 0.15) is 0 Å². The molecule has 0 bridgehead atoms. The van der Waals surface area contributed by atoms with E-state index in [0.29, 0.717) is 0 Å². The Labute approximate surface area is 95.8 Å². The molecule has 0 aromatic heterocycles. The third kappa shape index (κ3) is 10.2. The number of nitrogens with one attached hydrogen (secondary N) is 1. The summed E-state index contributed by atoms with van der Waals surface area (Å²) < 4.78 is 0. The van der Waals surface area contributed by atoms with Crippen LogP contribution >= 0.6 is 0 Å². The first-order valence-corrected chi connectivity index (χ1v) is 6.28. The molecule has 15 heavy (non-hydrogen) atoms. The predicted molar refractivity (Wildman–Crippen MR) is 68.4 cm³/mol. The van der Waals surface area contributed by atoms with Crippen LogP contribution in [0.5, 0.6) is 0 Å². The van der Waals surface area contributed by atoms with E-state index in [0.717, 1.165) is 19.6 Å². The van der Waals surface area contributed by atoms with Gasteiger partial charge in [-0.15, -0.1) is 0 Å². The maximum Gasteiger partial charge on any atom is 0.0107 e. The van der Waals surface area contributed by atoms with Gasteiger partial charge >= 0.3 is 0 Å². The van der Waals surface area contributed by atoms with E-state index in [1.165, 1.54) is 32.5 Å². The Kier molecular flexibility index (Phi) is 10.3. The van der Waals surface area contributed by atoms with Crippen LogP contribution in [-0.4, -0.2) is 63.2 Å². The van der Waals surface area contributed by atoms with Gasteiger partial charge in [-0.1, -0.05) is 20.3 Å². The smallest absolute Gasteiger partial charge is 0.0107 e. The van der Waals surface area contributed by atoms with E-state index in [1.54, 1.807) is 0 Å². The van der Waals surface area contributed by atoms with Crippen molar-refractivity contribution >= 4 is 0 Å². The second-order valence-corrected chi connectivity index (χ2v) is 4.34. The van der Waals surface area contributed by atoms with Crippen LogP contribution in [0.4, 0.5) is 0 Å². The molecule has 0 radical (unpaired) electrons. The zero-order chi connectivity index (χ0) is 11.5. The minimum atomic E-state index is 1.10. The second-order valence-electron chi connectivity index (χ2n) is 4.34. The van der Waals surface area contributed by atoms with Crippen LogP contribution < -0.4 is 5.32 Å². The van der Waals surface area contributed by atoms with E-state index in [1.807, 2.05) is 0 Å². The molecule has 3 heteroatoms. The van der Waals surface area contributed by atoms with Gasteiger partial charge in [0.2, 0.25) is 0 Å². The molecule has 0 amide bonds. The summed E-state index contributed by atoms with van der Waals surface area (Å²) in [6, 6.07) is 0. The number of hydrogen-bond donors (Lipinski definition) is 1. The molecule has 0 saturated heterocycles. The first-order valence-electron chi connectivity index (χ1n) is 6.28. The molecule has 3 nitrogen and oxygen atoms in total. The molecule has 1 N–H and O–H groups in total. The molecule has 0 aliphatic rings. The molecule has 0 heterocycles. The second kappa shape index (κ2) is 10.4. The van der Waals surface area contributed by atoms with Crippen LogP contribution in [0.1, 0.15) is 26.7 Å². The lowest BCUT2D eigenvalue weighted by Crippen LogP contribution is -2.35. The molecule has 0 atom stereocenters. The Morgan fingerprint density at radius 2 is 1.60 bits per heavy atom. The Morgan fingerprint density at radius 3 is 2.13 bits per heavy atom. The van der Waals surface area contributed by atoms with Crippen molar-refractivity contribution in [3.8, 4) is 0 Å². The largest absolute Gasteiger partial charge is 0.314 e. The van der Waals surface area contributed by atoms with E-state index < -0.39 is 0 Å². The SMILES string of the molecule is CCCCN(CC)CCNCCN(C)C. The van der Waals surface area contributed by atoms with Crippen LogP contribution in [0.15, 0.2) is 0 Å². The maximum atomic E-state index is 3.47.